The van der Waals surface area contributed by atoms with Crippen molar-refractivity contribution in [1.82, 2.24) is 10.3 Å². The molecule has 2 atom stereocenters. The summed E-state index contributed by atoms with van der Waals surface area (Å²) in [6.07, 6.45) is 4.98. The Labute approximate surface area is 237 Å². The van der Waals surface area contributed by atoms with Gasteiger partial charge in [0.1, 0.15) is 0 Å². The minimum atomic E-state index is -1.39. The van der Waals surface area contributed by atoms with Crippen molar-refractivity contribution in [2.24, 2.45) is 0 Å². The maximum Gasteiger partial charge on any atom is 1.00 e. The first-order valence-electron chi connectivity index (χ1n) is 12.2. The molecule has 0 aliphatic carbocycles. The Kier molecular flexibility index (Phi) is 10.4. The van der Waals surface area contributed by atoms with Crippen molar-refractivity contribution >= 4 is 33.6 Å². The molecule has 1 amide bonds. The van der Waals surface area contributed by atoms with Gasteiger partial charge in [0.2, 0.25) is 0 Å². The van der Waals surface area contributed by atoms with Gasteiger partial charge in [0.15, 0.2) is 0 Å². The van der Waals surface area contributed by atoms with Gasteiger partial charge in [-0.3, -0.25) is 14.0 Å². The fraction of sp³-hybridized carbons (Fsp3) is 0.233. The Hall–Kier alpha value is -3.24. The molecule has 6 nitrogen and oxygen atoms in total. The number of rotatable bonds is 10. The molecule has 0 aliphatic heterocycles. The summed E-state index contributed by atoms with van der Waals surface area (Å²) < 4.78 is 11.5. The molecule has 8 heteroatoms. The van der Waals surface area contributed by atoms with Gasteiger partial charge in [-0.1, -0.05) is 54.6 Å². The average Bonchev–Trinajstić information content (AvgIpc) is 2.89. The smallest absolute Gasteiger partial charge is 0.548 e. The predicted molar refractivity (Wildman–Crippen MR) is 146 cm³/mol. The normalized spacial score (nSPS) is 12.4. The summed E-state index contributed by atoms with van der Waals surface area (Å²) in [5.41, 5.74) is 6.18. The van der Waals surface area contributed by atoms with Crippen LogP contribution in [0.4, 0.5) is 0 Å². The molecule has 0 spiro atoms. The summed E-state index contributed by atoms with van der Waals surface area (Å²) in [5, 5.41) is 15.3. The Balaban J connectivity index is 0.00000400. The largest absolute Gasteiger partial charge is 1.00 e. The van der Waals surface area contributed by atoms with Crippen LogP contribution >= 0.6 is 0 Å². The van der Waals surface area contributed by atoms with Crippen LogP contribution in [0.25, 0.3) is 22.0 Å². The van der Waals surface area contributed by atoms with E-state index in [1.165, 1.54) is 6.26 Å². The number of aromatic nitrogens is 1. The number of fused-ring (bicyclic) bond motifs is 1. The summed E-state index contributed by atoms with van der Waals surface area (Å²) in [7, 11) is -1.18. The summed E-state index contributed by atoms with van der Waals surface area (Å²) in [6.45, 7) is 1.98. The second kappa shape index (κ2) is 13.5. The molecule has 38 heavy (non-hydrogen) atoms. The number of aliphatic carboxylic acids is 1. The van der Waals surface area contributed by atoms with Crippen molar-refractivity contribution in [3.05, 3.63) is 101 Å². The number of aryl methyl sites for hydroxylation is 3. The first-order chi connectivity index (χ1) is 17.8. The summed E-state index contributed by atoms with van der Waals surface area (Å²) in [4.78, 5) is 29.4. The van der Waals surface area contributed by atoms with Gasteiger partial charge >= 0.3 is 18.9 Å². The van der Waals surface area contributed by atoms with Gasteiger partial charge in [-0.05, 0) is 72.2 Å². The van der Waals surface area contributed by atoms with Crippen LogP contribution in [0.2, 0.25) is 0 Å². The Morgan fingerprint density at radius 1 is 0.947 bits per heavy atom. The van der Waals surface area contributed by atoms with Gasteiger partial charge in [-0.25, -0.2) is 0 Å². The number of carboxylic acid groups (broad SMARTS) is 1. The standard InChI is InChI=1S/C30H30N2O4S.Li/c1-20-7-3-5-9-24(20)26-18-21(11-12-22-17-23-8-4-6-10-27(23)31-19-22)13-14-25(26)29(33)32-28(30(34)35)15-16-37(2)36;/h3-10,13-14,17-19,28H,11-12,15-16H2,1-2H3,(H,32,33)(H,34,35);/q;+1/p-1. The molecule has 0 radical (unpaired) electrons. The Bertz CT molecular complexity index is 1470. The first kappa shape index (κ1) is 29.3. The molecular formula is C30H29LiN2O4S. The van der Waals surface area contributed by atoms with E-state index >= 15 is 0 Å². The van der Waals surface area contributed by atoms with Crippen LogP contribution in [-0.4, -0.2) is 39.1 Å². The number of hydrogen-bond donors (Lipinski definition) is 1. The van der Waals surface area contributed by atoms with Crippen molar-refractivity contribution in [2.45, 2.75) is 32.2 Å². The molecule has 190 valence electrons. The van der Waals surface area contributed by atoms with Crippen LogP contribution in [0.5, 0.6) is 0 Å². The number of amides is 1. The van der Waals surface area contributed by atoms with Crippen LogP contribution in [0.15, 0.2) is 79.0 Å². The minimum Gasteiger partial charge on any atom is -0.548 e. The number of benzene rings is 3. The first-order valence-corrected chi connectivity index (χ1v) is 13.9. The second-order valence-corrected chi connectivity index (χ2v) is 10.7. The van der Waals surface area contributed by atoms with E-state index < -0.39 is 28.7 Å². The third kappa shape index (κ3) is 7.41. The molecule has 0 saturated carbocycles. The van der Waals surface area contributed by atoms with E-state index in [0.717, 1.165) is 51.6 Å². The Morgan fingerprint density at radius 3 is 2.39 bits per heavy atom. The van der Waals surface area contributed by atoms with Gasteiger partial charge in [-0.2, -0.15) is 0 Å². The molecule has 0 fully saturated rings. The Morgan fingerprint density at radius 2 is 1.66 bits per heavy atom. The van der Waals surface area contributed by atoms with E-state index in [-0.39, 0.29) is 31.0 Å². The van der Waals surface area contributed by atoms with Gasteiger partial charge < -0.3 is 15.2 Å². The zero-order chi connectivity index (χ0) is 26.4. The SMILES string of the molecule is Cc1ccccc1-c1cc(CCc2cnc3ccccc3c2)ccc1C(=O)NC(CCS(C)=O)C(=O)[O-].[Li+]. The van der Waals surface area contributed by atoms with Gasteiger partial charge in [0, 0.05) is 40.0 Å². The van der Waals surface area contributed by atoms with Crippen molar-refractivity contribution in [1.29, 1.82) is 0 Å². The molecule has 3 aromatic carbocycles. The van der Waals surface area contributed by atoms with E-state index in [1.807, 2.05) is 73.8 Å². The number of carboxylic acids is 1. The summed E-state index contributed by atoms with van der Waals surface area (Å²) >= 11 is 0. The van der Waals surface area contributed by atoms with E-state index in [9.17, 15) is 18.9 Å². The van der Waals surface area contributed by atoms with Gasteiger partial charge in [0.05, 0.1) is 17.5 Å². The number of para-hydroxylation sites is 1. The summed E-state index contributed by atoms with van der Waals surface area (Å²) in [5.74, 6) is -1.73. The zero-order valence-electron chi connectivity index (χ0n) is 21.9. The molecule has 0 bridgehead atoms. The van der Waals surface area contributed by atoms with Gasteiger partial charge in [-0.15, -0.1) is 0 Å². The predicted octanol–water partition coefficient (Wildman–Crippen LogP) is 0.616. The van der Waals surface area contributed by atoms with Crippen LogP contribution in [0.1, 0.15) is 33.5 Å². The minimum absolute atomic E-state index is 0. The maximum atomic E-state index is 13.2. The quantitative estimate of drug-likeness (QED) is 0.309. The fourth-order valence-electron chi connectivity index (χ4n) is 4.35. The second-order valence-electron chi connectivity index (χ2n) is 9.14. The number of carbonyl (C=O) groups excluding carboxylic acids is 2. The molecular weight excluding hydrogens is 491 g/mol. The molecule has 1 aromatic heterocycles. The number of pyridine rings is 1. The van der Waals surface area contributed by atoms with Crippen molar-refractivity contribution in [3.8, 4) is 11.1 Å². The third-order valence-electron chi connectivity index (χ3n) is 6.40. The summed E-state index contributed by atoms with van der Waals surface area (Å²) in [6, 6.07) is 22.4. The number of nitrogens with one attached hydrogen (secondary N) is 1. The average molecular weight is 521 g/mol. The van der Waals surface area contributed by atoms with Gasteiger partial charge in [0.25, 0.3) is 5.91 Å². The molecule has 0 aliphatic rings. The number of hydrogen-bond acceptors (Lipinski definition) is 5. The van der Waals surface area contributed by atoms with Crippen LogP contribution < -0.4 is 29.3 Å². The van der Waals surface area contributed by atoms with Crippen molar-refractivity contribution in [2.75, 3.05) is 12.0 Å². The zero-order valence-corrected chi connectivity index (χ0v) is 22.7. The van der Waals surface area contributed by atoms with Crippen LogP contribution in [-0.2, 0) is 28.4 Å². The van der Waals surface area contributed by atoms with Crippen LogP contribution in [0.3, 0.4) is 0 Å². The van der Waals surface area contributed by atoms with E-state index in [4.69, 9.17) is 0 Å². The molecule has 1 heterocycles. The molecule has 1 N–H and O–H groups in total. The van der Waals surface area contributed by atoms with Crippen molar-refractivity contribution < 1.29 is 37.8 Å². The fourth-order valence-corrected chi connectivity index (χ4v) is 4.92. The maximum absolute atomic E-state index is 13.2. The monoisotopic (exact) mass is 520 g/mol. The van der Waals surface area contributed by atoms with Crippen LogP contribution in [0, 0.1) is 6.92 Å². The van der Waals surface area contributed by atoms with E-state index in [1.54, 1.807) is 6.07 Å². The van der Waals surface area contributed by atoms with E-state index in [0.29, 0.717) is 5.56 Å². The van der Waals surface area contributed by atoms with Crippen molar-refractivity contribution in [3.63, 3.8) is 0 Å². The molecule has 4 rings (SSSR count). The number of carbonyl (C=O) groups is 2. The molecule has 2 unspecified atom stereocenters. The molecule has 4 aromatic rings. The third-order valence-corrected chi connectivity index (χ3v) is 7.21. The van der Waals surface area contributed by atoms with E-state index in [2.05, 4.69) is 16.4 Å². The number of nitrogens with zero attached hydrogens (tertiary/aromatic N) is 1. The topological polar surface area (TPSA) is 99.2 Å². The molecule has 0 saturated heterocycles.